The van der Waals surface area contributed by atoms with E-state index in [0.29, 0.717) is 6.42 Å². The fourth-order valence-corrected chi connectivity index (χ4v) is 1.69. The van der Waals surface area contributed by atoms with Gasteiger partial charge < -0.3 is 10.0 Å². The van der Waals surface area contributed by atoms with E-state index in [0.717, 1.165) is 15.8 Å². The molecule has 1 unspecified atom stereocenters. The van der Waals surface area contributed by atoms with Crippen molar-refractivity contribution in [3.8, 4) is 0 Å². The standard InChI is InChI=1S/C11H16N4O5/c1-4-7(2)14(6-9(16)17)11(18)10-8(15(19)20)5-13(3)12-10/h5,7H,4,6H2,1-3H3,(H,16,17). The van der Waals surface area contributed by atoms with E-state index < -0.39 is 29.0 Å². The maximum Gasteiger partial charge on any atom is 0.323 e. The first-order valence-corrected chi connectivity index (χ1v) is 5.98. The quantitative estimate of drug-likeness (QED) is 0.605. The molecular weight excluding hydrogens is 268 g/mol. The van der Waals surface area contributed by atoms with Gasteiger partial charge >= 0.3 is 11.7 Å². The second kappa shape index (κ2) is 6.13. The molecule has 1 aromatic rings. The Kier molecular flexibility index (Phi) is 4.78. The Morgan fingerprint density at radius 1 is 1.60 bits per heavy atom. The number of hydrogen-bond acceptors (Lipinski definition) is 5. The number of carbonyl (C=O) groups is 2. The van der Waals surface area contributed by atoms with Gasteiger partial charge in [0.15, 0.2) is 0 Å². The molecule has 0 aliphatic rings. The number of carboxylic acids is 1. The van der Waals surface area contributed by atoms with Crippen molar-refractivity contribution < 1.29 is 19.6 Å². The first-order valence-electron chi connectivity index (χ1n) is 5.98. The molecule has 1 rings (SSSR count). The molecule has 9 heteroatoms. The van der Waals surface area contributed by atoms with Gasteiger partial charge in [0.05, 0.1) is 4.92 Å². The second-order valence-electron chi connectivity index (χ2n) is 4.38. The van der Waals surface area contributed by atoms with Crippen molar-refractivity contribution >= 4 is 17.6 Å². The van der Waals surface area contributed by atoms with Crippen LogP contribution < -0.4 is 0 Å². The average Bonchev–Trinajstić information content (AvgIpc) is 2.76. The summed E-state index contributed by atoms with van der Waals surface area (Å²) in [5.74, 6) is -1.94. The van der Waals surface area contributed by atoms with Crippen molar-refractivity contribution in [1.29, 1.82) is 0 Å². The van der Waals surface area contributed by atoms with Crippen LogP contribution in [0.2, 0.25) is 0 Å². The van der Waals surface area contributed by atoms with E-state index >= 15 is 0 Å². The first-order chi connectivity index (χ1) is 9.27. The summed E-state index contributed by atoms with van der Waals surface area (Å²) in [6.45, 7) is 2.94. The maximum absolute atomic E-state index is 12.3. The SMILES string of the molecule is CCC(C)N(CC(=O)O)C(=O)c1nn(C)cc1[N+](=O)[O-]. The van der Waals surface area contributed by atoms with Crippen LogP contribution in [0.1, 0.15) is 30.8 Å². The molecule has 0 saturated heterocycles. The number of rotatable bonds is 6. The predicted molar refractivity (Wildman–Crippen MR) is 68.3 cm³/mol. The summed E-state index contributed by atoms with van der Waals surface area (Å²) in [7, 11) is 1.45. The Morgan fingerprint density at radius 2 is 2.20 bits per heavy atom. The van der Waals surface area contributed by atoms with E-state index in [1.54, 1.807) is 13.8 Å². The molecular formula is C11H16N4O5. The van der Waals surface area contributed by atoms with Crippen LogP contribution in [0.25, 0.3) is 0 Å². The van der Waals surface area contributed by atoms with Crippen LogP contribution in [-0.4, -0.2) is 49.2 Å². The molecule has 1 amide bonds. The van der Waals surface area contributed by atoms with E-state index in [4.69, 9.17) is 5.11 Å². The third kappa shape index (κ3) is 3.31. The van der Waals surface area contributed by atoms with Crippen molar-refractivity contribution in [1.82, 2.24) is 14.7 Å². The Hall–Kier alpha value is -2.45. The van der Waals surface area contributed by atoms with Crippen molar-refractivity contribution in [2.24, 2.45) is 7.05 Å². The Morgan fingerprint density at radius 3 is 2.65 bits per heavy atom. The molecule has 0 bridgehead atoms. The lowest BCUT2D eigenvalue weighted by atomic mass is 10.2. The highest BCUT2D eigenvalue weighted by atomic mass is 16.6. The van der Waals surface area contributed by atoms with Crippen molar-refractivity contribution in [2.75, 3.05) is 6.54 Å². The molecule has 1 atom stereocenters. The highest BCUT2D eigenvalue weighted by Crippen LogP contribution is 2.19. The van der Waals surface area contributed by atoms with Gasteiger partial charge in [-0.15, -0.1) is 0 Å². The zero-order valence-corrected chi connectivity index (χ0v) is 11.4. The molecule has 0 aliphatic heterocycles. The van der Waals surface area contributed by atoms with Crippen LogP contribution in [0, 0.1) is 10.1 Å². The summed E-state index contributed by atoms with van der Waals surface area (Å²) in [6, 6.07) is -0.361. The normalized spacial score (nSPS) is 11.9. The third-order valence-electron chi connectivity index (χ3n) is 2.90. The van der Waals surface area contributed by atoms with Crippen LogP contribution >= 0.6 is 0 Å². The van der Waals surface area contributed by atoms with Crippen LogP contribution in [-0.2, 0) is 11.8 Å². The maximum atomic E-state index is 12.3. The minimum Gasteiger partial charge on any atom is -0.480 e. The molecule has 1 N–H and O–H groups in total. The fourth-order valence-electron chi connectivity index (χ4n) is 1.69. The largest absolute Gasteiger partial charge is 0.480 e. The molecule has 1 heterocycles. The number of nitro groups is 1. The van der Waals surface area contributed by atoms with Crippen molar-refractivity contribution in [3.63, 3.8) is 0 Å². The van der Waals surface area contributed by atoms with Crippen LogP contribution in [0.4, 0.5) is 5.69 Å². The monoisotopic (exact) mass is 284 g/mol. The number of aliphatic carboxylic acids is 1. The molecule has 0 saturated carbocycles. The van der Waals surface area contributed by atoms with Crippen LogP contribution in [0.5, 0.6) is 0 Å². The van der Waals surface area contributed by atoms with Gasteiger partial charge in [0, 0.05) is 13.1 Å². The van der Waals surface area contributed by atoms with Crippen molar-refractivity contribution in [2.45, 2.75) is 26.3 Å². The number of hydrogen-bond donors (Lipinski definition) is 1. The van der Waals surface area contributed by atoms with Crippen LogP contribution in [0.15, 0.2) is 6.20 Å². The van der Waals surface area contributed by atoms with Gasteiger partial charge in [-0.1, -0.05) is 6.92 Å². The summed E-state index contributed by atoms with van der Waals surface area (Å²) < 4.78 is 1.15. The zero-order chi connectivity index (χ0) is 15.4. The van der Waals surface area contributed by atoms with Crippen LogP contribution in [0.3, 0.4) is 0 Å². The first kappa shape index (κ1) is 15.6. The van der Waals surface area contributed by atoms with E-state index in [2.05, 4.69) is 5.10 Å². The summed E-state index contributed by atoms with van der Waals surface area (Å²) in [5, 5.41) is 23.5. The lowest BCUT2D eigenvalue weighted by molar-refractivity contribution is -0.385. The molecule has 0 aromatic carbocycles. The lowest BCUT2D eigenvalue weighted by Gasteiger charge is -2.25. The molecule has 1 aromatic heterocycles. The fraction of sp³-hybridized carbons (Fsp3) is 0.545. The topological polar surface area (TPSA) is 119 Å². The zero-order valence-electron chi connectivity index (χ0n) is 11.4. The minimum atomic E-state index is -1.18. The molecule has 0 fully saturated rings. The van der Waals surface area contributed by atoms with Gasteiger partial charge in [-0.05, 0) is 13.3 Å². The molecule has 110 valence electrons. The van der Waals surface area contributed by atoms with Gasteiger partial charge in [0.1, 0.15) is 12.7 Å². The van der Waals surface area contributed by atoms with Crippen molar-refractivity contribution in [3.05, 3.63) is 22.0 Å². The van der Waals surface area contributed by atoms with E-state index in [1.807, 2.05) is 0 Å². The summed E-state index contributed by atoms with van der Waals surface area (Å²) in [4.78, 5) is 34.4. The Balaban J connectivity index is 3.18. The van der Waals surface area contributed by atoms with Gasteiger partial charge in [0.25, 0.3) is 5.91 Å². The van der Waals surface area contributed by atoms with Gasteiger partial charge in [-0.2, -0.15) is 5.10 Å². The highest BCUT2D eigenvalue weighted by Gasteiger charge is 2.31. The second-order valence-corrected chi connectivity index (χ2v) is 4.38. The van der Waals surface area contributed by atoms with Gasteiger partial charge in [0.2, 0.25) is 5.69 Å². The third-order valence-corrected chi connectivity index (χ3v) is 2.90. The number of aromatic nitrogens is 2. The Bertz CT molecular complexity index is 539. The summed E-state index contributed by atoms with van der Waals surface area (Å²) in [5.41, 5.74) is -0.782. The number of amides is 1. The number of nitrogens with zero attached hydrogens (tertiary/aromatic N) is 4. The summed E-state index contributed by atoms with van der Waals surface area (Å²) >= 11 is 0. The predicted octanol–water partition coefficient (Wildman–Crippen LogP) is 0.654. The highest BCUT2D eigenvalue weighted by molar-refractivity contribution is 5.97. The van der Waals surface area contributed by atoms with Gasteiger partial charge in [-0.25, -0.2) is 0 Å². The molecule has 0 spiro atoms. The Labute approximate surface area is 114 Å². The van der Waals surface area contributed by atoms with E-state index in [9.17, 15) is 19.7 Å². The molecule has 20 heavy (non-hydrogen) atoms. The van der Waals surface area contributed by atoms with E-state index in [-0.39, 0.29) is 11.7 Å². The van der Waals surface area contributed by atoms with Gasteiger partial charge in [-0.3, -0.25) is 24.4 Å². The minimum absolute atomic E-state index is 0.348. The molecule has 9 nitrogen and oxygen atoms in total. The molecule has 0 radical (unpaired) electrons. The number of carbonyl (C=O) groups excluding carboxylic acids is 1. The number of carboxylic acid groups (broad SMARTS) is 1. The average molecular weight is 284 g/mol. The summed E-state index contributed by atoms with van der Waals surface area (Å²) in [6.07, 6.45) is 1.64. The number of aryl methyl sites for hydroxylation is 1. The van der Waals surface area contributed by atoms with E-state index in [1.165, 1.54) is 7.05 Å². The smallest absolute Gasteiger partial charge is 0.323 e. The molecule has 0 aliphatic carbocycles. The lowest BCUT2D eigenvalue weighted by Crippen LogP contribution is -2.42.